The third kappa shape index (κ3) is 3.23. The van der Waals surface area contributed by atoms with Crippen LogP contribution in [-0.2, 0) is 0 Å². The molecule has 0 atom stereocenters. The second-order valence-electron chi connectivity index (χ2n) is 4.50. The Morgan fingerprint density at radius 3 is 2.33 bits per heavy atom. The molecule has 96 valence electrons. The molecule has 18 heavy (non-hydrogen) atoms. The van der Waals surface area contributed by atoms with Gasteiger partial charge in [-0.1, -0.05) is 18.2 Å². The number of hydrogen-bond donors (Lipinski definition) is 2. The van der Waals surface area contributed by atoms with Crippen LogP contribution in [0.1, 0.15) is 26.3 Å². The third-order valence-electron chi connectivity index (χ3n) is 2.70. The Morgan fingerprint density at radius 2 is 1.89 bits per heavy atom. The van der Waals surface area contributed by atoms with Crippen LogP contribution < -0.4 is 11.5 Å². The SMILES string of the molecule is C=C(N)C(/C=C(\C)c1ccc(F)c(N)c1)=C(C)C. The third-order valence-corrected chi connectivity index (χ3v) is 2.70. The van der Waals surface area contributed by atoms with Gasteiger partial charge in [0, 0.05) is 5.70 Å². The monoisotopic (exact) mass is 246 g/mol. The molecular weight excluding hydrogens is 227 g/mol. The maximum atomic E-state index is 13.1. The maximum Gasteiger partial charge on any atom is 0.146 e. The first-order valence-corrected chi connectivity index (χ1v) is 5.69. The van der Waals surface area contributed by atoms with E-state index in [4.69, 9.17) is 11.5 Å². The van der Waals surface area contributed by atoms with Crippen molar-refractivity contribution < 1.29 is 4.39 Å². The summed E-state index contributed by atoms with van der Waals surface area (Å²) in [6.45, 7) is 9.61. The number of hydrogen-bond acceptors (Lipinski definition) is 2. The first kappa shape index (κ1) is 14.0. The van der Waals surface area contributed by atoms with Gasteiger partial charge in [0.1, 0.15) is 5.82 Å². The van der Waals surface area contributed by atoms with Crippen LogP contribution in [0.3, 0.4) is 0 Å². The molecule has 2 nitrogen and oxygen atoms in total. The highest BCUT2D eigenvalue weighted by Gasteiger charge is 2.04. The van der Waals surface area contributed by atoms with Gasteiger partial charge < -0.3 is 11.5 Å². The lowest BCUT2D eigenvalue weighted by Crippen LogP contribution is -1.99. The fourth-order valence-corrected chi connectivity index (χ4v) is 1.65. The summed E-state index contributed by atoms with van der Waals surface area (Å²) in [7, 11) is 0. The van der Waals surface area contributed by atoms with Crippen molar-refractivity contribution in [2.24, 2.45) is 5.73 Å². The minimum absolute atomic E-state index is 0.144. The zero-order valence-corrected chi connectivity index (χ0v) is 11.0. The molecule has 0 radical (unpaired) electrons. The number of halogens is 1. The molecule has 0 spiro atoms. The lowest BCUT2D eigenvalue weighted by molar-refractivity contribution is 0.632. The topological polar surface area (TPSA) is 52.0 Å². The fraction of sp³-hybridized carbons (Fsp3) is 0.200. The normalized spacial score (nSPS) is 11.2. The van der Waals surface area contributed by atoms with Crippen molar-refractivity contribution in [1.82, 2.24) is 0 Å². The van der Waals surface area contributed by atoms with Crippen molar-refractivity contribution in [3.05, 3.63) is 59.1 Å². The highest BCUT2D eigenvalue weighted by atomic mass is 19.1. The van der Waals surface area contributed by atoms with E-state index in [0.29, 0.717) is 5.70 Å². The molecule has 0 amide bonds. The average molecular weight is 246 g/mol. The van der Waals surface area contributed by atoms with E-state index in [2.05, 4.69) is 6.58 Å². The quantitative estimate of drug-likeness (QED) is 0.632. The average Bonchev–Trinajstić information content (AvgIpc) is 2.28. The summed E-state index contributed by atoms with van der Waals surface area (Å²) >= 11 is 0. The Morgan fingerprint density at radius 1 is 1.28 bits per heavy atom. The molecular formula is C15H19FN2. The predicted octanol–water partition coefficient (Wildman–Crippen LogP) is 3.62. The van der Waals surface area contributed by atoms with E-state index in [-0.39, 0.29) is 5.69 Å². The van der Waals surface area contributed by atoms with Gasteiger partial charge in [0.2, 0.25) is 0 Å². The second kappa shape index (κ2) is 5.54. The highest BCUT2D eigenvalue weighted by Crippen LogP contribution is 2.22. The molecule has 0 aromatic heterocycles. The number of benzene rings is 1. The van der Waals surface area contributed by atoms with E-state index >= 15 is 0 Å². The van der Waals surface area contributed by atoms with Crippen LogP contribution in [0, 0.1) is 5.82 Å². The van der Waals surface area contributed by atoms with Crippen molar-refractivity contribution in [1.29, 1.82) is 0 Å². The molecule has 1 aromatic carbocycles. The van der Waals surface area contributed by atoms with Gasteiger partial charge in [0.05, 0.1) is 5.69 Å². The Kier molecular flexibility index (Phi) is 4.32. The van der Waals surface area contributed by atoms with Crippen molar-refractivity contribution in [2.75, 3.05) is 5.73 Å². The number of anilines is 1. The van der Waals surface area contributed by atoms with Gasteiger partial charge in [0.25, 0.3) is 0 Å². The summed E-state index contributed by atoms with van der Waals surface area (Å²) in [5.74, 6) is -0.405. The molecule has 1 rings (SSSR count). The van der Waals surface area contributed by atoms with E-state index in [9.17, 15) is 4.39 Å². The summed E-state index contributed by atoms with van der Waals surface area (Å²) < 4.78 is 13.1. The number of rotatable bonds is 3. The molecule has 4 N–H and O–H groups in total. The molecule has 0 bridgehead atoms. The molecule has 1 aromatic rings. The molecule has 0 aliphatic rings. The zero-order valence-electron chi connectivity index (χ0n) is 11.0. The summed E-state index contributed by atoms with van der Waals surface area (Å²) in [5.41, 5.74) is 15.8. The highest BCUT2D eigenvalue weighted by molar-refractivity contribution is 5.70. The van der Waals surface area contributed by atoms with Gasteiger partial charge in [-0.15, -0.1) is 0 Å². The van der Waals surface area contributed by atoms with E-state index in [1.807, 2.05) is 26.8 Å². The fourth-order valence-electron chi connectivity index (χ4n) is 1.65. The van der Waals surface area contributed by atoms with Gasteiger partial charge in [0.15, 0.2) is 0 Å². The number of nitrogens with two attached hydrogens (primary N) is 2. The summed E-state index contributed by atoms with van der Waals surface area (Å²) in [6, 6.07) is 4.67. The smallest absolute Gasteiger partial charge is 0.146 e. The lowest BCUT2D eigenvalue weighted by Gasteiger charge is -2.08. The van der Waals surface area contributed by atoms with Crippen LogP contribution in [-0.4, -0.2) is 0 Å². The van der Waals surface area contributed by atoms with Crippen molar-refractivity contribution in [3.8, 4) is 0 Å². The second-order valence-corrected chi connectivity index (χ2v) is 4.50. The molecule has 0 heterocycles. The van der Waals surface area contributed by atoms with Crippen LogP contribution in [0.25, 0.3) is 5.57 Å². The Labute approximate surface area is 107 Å². The van der Waals surface area contributed by atoms with Crippen LogP contribution in [0.15, 0.2) is 47.7 Å². The zero-order chi connectivity index (χ0) is 13.9. The number of nitrogen functional groups attached to an aromatic ring is 1. The van der Waals surface area contributed by atoms with E-state index in [1.54, 1.807) is 12.1 Å². The maximum absolute atomic E-state index is 13.1. The predicted molar refractivity (Wildman–Crippen MR) is 76.2 cm³/mol. The van der Waals surface area contributed by atoms with Crippen LogP contribution >= 0.6 is 0 Å². The van der Waals surface area contributed by atoms with Gasteiger partial charge in [-0.05, 0) is 55.7 Å². The molecule has 0 aliphatic carbocycles. The molecule has 0 unspecified atom stereocenters. The van der Waals surface area contributed by atoms with Crippen molar-refractivity contribution in [2.45, 2.75) is 20.8 Å². The first-order valence-electron chi connectivity index (χ1n) is 5.69. The molecule has 0 aliphatic heterocycles. The Bertz CT molecular complexity index is 535. The van der Waals surface area contributed by atoms with Crippen LogP contribution in [0.4, 0.5) is 10.1 Å². The molecule has 0 saturated heterocycles. The first-order chi connectivity index (χ1) is 8.32. The molecule has 0 saturated carbocycles. The van der Waals surface area contributed by atoms with E-state index in [1.165, 1.54) is 6.07 Å². The minimum Gasteiger partial charge on any atom is -0.399 e. The van der Waals surface area contributed by atoms with Crippen LogP contribution in [0.2, 0.25) is 0 Å². The lowest BCUT2D eigenvalue weighted by atomic mass is 10.0. The van der Waals surface area contributed by atoms with E-state index < -0.39 is 5.82 Å². The van der Waals surface area contributed by atoms with Crippen molar-refractivity contribution in [3.63, 3.8) is 0 Å². The standard InChI is InChI=1S/C15H19FN2/c1-9(2)13(11(4)17)7-10(3)12-5-6-14(16)15(18)8-12/h5-8H,4,17-18H2,1-3H3/b10-7+. The van der Waals surface area contributed by atoms with E-state index in [0.717, 1.165) is 22.3 Å². The summed E-state index contributed by atoms with van der Waals surface area (Å²) in [4.78, 5) is 0. The van der Waals surface area contributed by atoms with Gasteiger partial charge in [-0.25, -0.2) is 4.39 Å². The molecule has 0 fully saturated rings. The molecule has 3 heteroatoms. The Balaban J connectivity index is 3.21. The summed E-state index contributed by atoms with van der Waals surface area (Å²) in [6.07, 6.45) is 1.93. The van der Waals surface area contributed by atoms with Gasteiger partial charge in [-0.2, -0.15) is 0 Å². The van der Waals surface area contributed by atoms with Gasteiger partial charge in [-0.3, -0.25) is 0 Å². The minimum atomic E-state index is -0.405. The Hall–Kier alpha value is -2.03. The summed E-state index contributed by atoms with van der Waals surface area (Å²) in [5, 5.41) is 0. The van der Waals surface area contributed by atoms with Crippen molar-refractivity contribution >= 4 is 11.3 Å². The number of allylic oxidation sites excluding steroid dienone is 3. The largest absolute Gasteiger partial charge is 0.399 e. The van der Waals surface area contributed by atoms with Crippen LogP contribution in [0.5, 0.6) is 0 Å². The van der Waals surface area contributed by atoms with Gasteiger partial charge >= 0.3 is 0 Å².